The first kappa shape index (κ1) is 30.3. The minimum absolute atomic E-state index is 0.0883. The lowest BCUT2D eigenvalue weighted by Gasteiger charge is -2.56. The summed E-state index contributed by atoms with van der Waals surface area (Å²) in [6, 6.07) is 5.96. The molecule has 0 amide bonds. The van der Waals surface area contributed by atoms with Gasteiger partial charge < -0.3 is 15.3 Å². The van der Waals surface area contributed by atoms with E-state index < -0.39 is 5.60 Å². The number of allylic oxidation sites excluding steroid dienone is 2. The van der Waals surface area contributed by atoms with E-state index in [9.17, 15) is 20.1 Å². The van der Waals surface area contributed by atoms with Crippen LogP contribution >= 0.6 is 0 Å². The Balaban J connectivity index is 0.000000144. The summed E-state index contributed by atoms with van der Waals surface area (Å²) >= 11 is 0. The molecule has 0 heterocycles. The number of rotatable bonds is 1. The number of aryl methyl sites for hydroxylation is 1. The van der Waals surface area contributed by atoms with Crippen molar-refractivity contribution in [2.24, 2.45) is 46.3 Å². The quantitative estimate of drug-likeness (QED) is 0.230. The number of aliphatic hydroxyl groups is 2. The lowest BCUT2D eigenvalue weighted by molar-refractivity contribution is -0.116. The van der Waals surface area contributed by atoms with E-state index in [0.717, 1.165) is 70.1 Å². The maximum atomic E-state index is 11.8. The Labute approximate surface area is 264 Å². The molecule has 11 atom stereocenters. The standard InChI is InChI=1S/C22H28O2.C18H24O2/c1-4-21-13-14(3)20-17-9-7-16(23)12-15(17)6-8-18(20)19(21)10-11-22(21,24)5-2;1-18-9-8-14-13-5-3-12(19)10-11(13)2-4-15(14)16(18)6-7-17(18)20/h2,12,17-20,24H,3-4,6-11,13H2,1H3;3,5,10,14-17,19-20H,2,4,6-9H2,1H3/t17?,18-,19-,20+,21-,22-;14-,15-,16+,17+,18+/m01/s1. The van der Waals surface area contributed by atoms with Crippen molar-refractivity contribution in [1.82, 2.24) is 0 Å². The van der Waals surface area contributed by atoms with Crippen molar-refractivity contribution in [3.63, 3.8) is 0 Å². The van der Waals surface area contributed by atoms with Crippen LogP contribution in [-0.2, 0) is 11.2 Å². The minimum Gasteiger partial charge on any atom is -0.508 e. The van der Waals surface area contributed by atoms with E-state index in [4.69, 9.17) is 6.42 Å². The van der Waals surface area contributed by atoms with E-state index in [-0.39, 0.29) is 16.9 Å². The van der Waals surface area contributed by atoms with Gasteiger partial charge in [0, 0.05) is 11.8 Å². The highest BCUT2D eigenvalue weighted by molar-refractivity contribution is 5.91. The maximum Gasteiger partial charge on any atom is 0.155 e. The summed E-state index contributed by atoms with van der Waals surface area (Å²) in [5, 5.41) is 31.2. The average molecular weight is 597 g/mol. The smallest absolute Gasteiger partial charge is 0.155 e. The molecule has 0 saturated heterocycles. The summed E-state index contributed by atoms with van der Waals surface area (Å²) in [5.74, 6) is 7.62. The van der Waals surface area contributed by atoms with Crippen LogP contribution in [0.2, 0.25) is 0 Å². The van der Waals surface area contributed by atoms with Crippen LogP contribution in [0.25, 0.3) is 0 Å². The number of terminal acetylenes is 1. The number of benzene rings is 1. The second-order valence-corrected chi connectivity index (χ2v) is 16.0. The molecule has 4 heteroatoms. The van der Waals surface area contributed by atoms with E-state index >= 15 is 0 Å². The molecule has 236 valence electrons. The number of aliphatic hydroxyl groups excluding tert-OH is 1. The molecule has 7 aliphatic carbocycles. The topological polar surface area (TPSA) is 77.8 Å². The van der Waals surface area contributed by atoms with Crippen LogP contribution in [0, 0.1) is 58.7 Å². The van der Waals surface area contributed by atoms with E-state index in [1.54, 1.807) is 0 Å². The zero-order chi connectivity index (χ0) is 31.0. The Kier molecular flexibility index (Phi) is 7.49. The van der Waals surface area contributed by atoms with Gasteiger partial charge in [-0.15, -0.1) is 6.42 Å². The van der Waals surface area contributed by atoms with Crippen LogP contribution in [0.1, 0.15) is 114 Å². The molecule has 3 N–H and O–H groups in total. The third kappa shape index (κ3) is 4.35. The van der Waals surface area contributed by atoms with Crippen molar-refractivity contribution in [3.8, 4) is 18.1 Å². The molecule has 44 heavy (non-hydrogen) atoms. The van der Waals surface area contributed by atoms with Gasteiger partial charge in [0.1, 0.15) is 11.4 Å². The van der Waals surface area contributed by atoms with Crippen molar-refractivity contribution in [2.75, 3.05) is 0 Å². The van der Waals surface area contributed by atoms with Crippen molar-refractivity contribution >= 4 is 5.78 Å². The molecule has 0 radical (unpaired) electrons. The van der Waals surface area contributed by atoms with Gasteiger partial charge in [0.2, 0.25) is 0 Å². The fourth-order valence-corrected chi connectivity index (χ4v) is 12.4. The summed E-state index contributed by atoms with van der Waals surface area (Å²) in [6.07, 6.45) is 21.9. The van der Waals surface area contributed by atoms with Gasteiger partial charge in [0.25, 0.3) is 0 Å². The van der Waals surface area contributed by atoms with Gasteiger partial charge in [-0.1, -0.05) is 43.6 Å². The maximum absolute atomic E-state index is 11.8. The summed E-state index contributed by atoms with van der Waals surface area (Å²) in [7, 11) is 0. The molecule has 0 bridgehead atoms. The van der Waals surface area contributed by atoms with E-state index in [1.165, 1.54) is 41.5 Å². The number of hydrogen-bond donors (Lipinski definition) is 3. The molecule has 0 aromatic heterocycles. The van der Waals surface area contributed by atoms with E-state index in [1.807, 2.05) is 18.2 Å². The summed E-state index contributed by atoms with van der Waals surface area (Å²) in [5.41, 5.74) is 4.47. The largest absolute Gasteiger partial charge is 0.508 e. The fourth-order valence-electron chi connectivity index (χ4n) is 12.4. The van der Waals surface area contributed by atoms with Gasteiger partial charge in [-0.05, 0) is 160 Å². The van der Waals surface area contributed by atoms with Crippen LogP contribution in [0.4, 0.5) is 0 Å². The Morgan fingerprint density at radius 1 is 0.977 bits per heavy atom. The van der Waals surface area contributed by atoms with Gasteiger partial charge in [0.15, 0.2) is 5.78 Å². The number of hydrogen-bond acceptors (Lipinski definition) is 4. The highest BCUT2D eigenvalue weighted by Crippen LogP contribution is 2.67. The second-order valence-electron chi connectivity index (χ2n) is 16.0. The van der Waals surface area contributed by atoms with Gasteiger partial charge >= 0.3 is 0 Å². The predicted molar refractivity (Wildman–Crippen MR) is 174 cm³/mol. The molecule has 4 nitrogen and oxygen atoms in total. The number of fused-ring (bicyclic) bond motifs is 10. The number of phenols is 1. The number of aromatic hydroxyl groups is 1. The molecule has 7 aliphatic rings. The van der Waals surface area contributed by atoms with Crippen LogP contribution < -0.4 is 0 Å². The molecule has 8 rings (SSSR count). The van der Waals surface area contributed by atoms with Crippen molar-refractivity contribution in [3.05, 3.63) is 53.1 Å². The second kappa shape index (κ2) is 10.9. The third-order valence-corrected chi connectivity index (χ3v) is 14.6. The molecule has 0 spiro atoms. The van der Waals surface area contributed by atoms with Crippen LogP contribution in [0.5, 0.6) is 5.75 Å². The summed E-state index contributed by atoms with van der Waals surface area (Å²) in [4.78, 5) is 11.8. The fraction of sp³-hybridized carbons (Fsp3) is 0.675. The molecule has 5 saturated carbocycles. The van der Waals surface area contributed by atoms with Crippen LogP contribution in [0.15, 0.2) is 42.0 Å². The highest BCUT2D eigenvalue weighted by Gasteiger charge is 2.64. The molecule has 0 aliphatic heterocycles. The van der Waals surface area contributed by atoms with E-state index in [2.05, 4.69) is 32.4 Å². The molecule has 1 aromatic rings. The zero-order valence-electron chi connectivity index (χ0n) is 26.9. The Bertz CT molecular complexity index is 1420. The van der Waals surface area contributed by atoms with Gasteiger partial charge in [-0.2, -0.15) is 0 Å². The van der Waals surface area contributed by atoms with Gasteiger partial charge in [0.05, 0.1) is 6.10 Å². The first-order valence-electron chi connectivity index (χ1n) is 17.7. The number of phenolic OH excluding ortho intramolecular Hbond substituents is 1. The SMILES string of the molecule is C#C[C@]1(O)CC[C@H]2[C@@H]3CCC4=CC(=O)CCC4[C@H]3C(=C)C[C@@]21CC.C[C@]12CC[C@@H]3c4ccc(O)cc4CC[C@H]3[C@@H]1CC[C@@H]2O. The third-order valence-electron chi connectivity index (χ3n) is 14.6. The molecule has 1 unspecified atom stereocenters. The first-order valence-corrected chi connectivity index (χ1v) is 17.7. The summed E-state index contributed by atoms with van der Waals surface area (Å²) < 4.78 is 0. The van der Waals surface area contributed by atoms with Gasteiger partial charge in [-0.25, -0.2) is 0 Å². The van der Waals surface area contributed by atoms with Crippen molar-refractivity contribution in [2.45, 2.75) is 121 Å². The number of carbonyl (C=O) groups is 1. The molecule has 5 fully saturated rings. The lowest BCUT2D eigenvalue weighted by Crippen LogP contribution is -2.54. The van der Waals surface area contributed by atoms with Crippen molar-refractivity contribution in [1.29, 1.82) is 0 Å². The van der Waals surface area contributed by atoms with Crippen molar-refractivity contribution < 1.29 is 20.1 Å². The minimum atomic E-state index is -0.973. The molecule has 1 aromatic carbocycles. The monoisotopic (exact) mass is 596 g/mol. The van der Waals surface area contributed by atoms with Crippen LogP contribution in [0.3, 0.4) is 0 Å². The van der Waals surface area contributed by atoms with Crippen LogP contribution in [-0.4, -0.2) is 32.8 Å². The zero-order valence-corrected chi connectivity index (χ0v) is 26.9. The lowest BCUT2D eigenvalue weighted by atomic mass is 9.48. The molecular weight excluding hydrogens is 544 g/mol. The van der Waals surface area contributed by atoms with E-state index in [0.29, 0.717) is 53.5 Å². The number of carbonyl (C=O) groups excluding carboxylic acids is 1. The average Bonchev–Trinajstić information content (AvgIpc) is 3.49. The van der Waals surface area contributed by atoms with Gasteiger partial charge in [-0.3, -0.25) is 4.79 Å². The number of ketones is 1. The Hall–Kier alpha value is -2.35. The molecular formula is C40H52O4. The Morgan fingerprint density at radius 3 is 2.55 bits per heavy atom. The highest BCUT2D eigenvalue weighted by atomic mass is 16.3. The Morgan fingerprint density at radius 2 is 1.77 bits per heavy atom. The summed E-state index contributed by atoms with van der Waals surface area (Å²) in [6.45, 7) is 8.97. The first-order chi connectivity index (χ1) is 21.0. The predicted octanol–water partition coefficient (Wildman–Crippen LogP) is 7.66. The normalized spacial score (nSPS) is 45.2.